The summed E-state index contributed by atoms with van der Waals surface area (Å²) in [6, 6.07) is 8.79. The minimum absolute atomic E-state index is 0.186. The molecular weight excluding hydrogens is 320 g/mol. The van der Waals surface area contributed by atoms with E-state index in [1.54, 1.807) is 50.0 Å². The normalized spacial score (nSPS) is 10.2. The lowest BCUT2D eigenvalue weighted by atomic mass is 10.2. The highest BCUT2D eigenvalue weighted by atomic mass is 16.5. The molecule has 0 radical (unpaired) electrons. The molecule has 0 saturated carbocycles. The number of carbonyl (C=O) groups excluding carboxylic acids is 1. The van der Waals surface area contributed by atoms with Crippen LogP contribution in [0.1, 0.15) is 10.5 Å². The third-order valence-electron chi connectivity index (χ3n) is 3.48. The Hall–Kier alpha value is -3.48. The van der Waals surface area contributed by atoms with Crippen LogP contribution < -0.4 is 14.8 Å². The van der Waals surface area contributed by atoms with Crippen LogP contribution in [-0.4, -0.2) is 35.1 Å². The van der Waals surface area contributed by atoms with Gasteiger partial charge in [0.1, 0.15) is 17.2 Å². The number of benzene rings is 1. The zero-order valence-corrected chi connectivity index (χ0v) is 13.8. The van der Waals surface area contributed by atoms with Crippen LogP contribution in [0.25, 0.3) is 11.3 Å². The first-order chi connectivity index (χ1) is 12.2. The van der Waals surface area contributed by atoms with Crippen molar-refractivity contribution in [3.63, 3.8) is 0 Å². The van der Waals surface area contributed by atoms with Crippen molar-refractivity contribution in [1.29, 1.82) is 0 Å². The maximum Gasteiger partial charge on any atom is 0.275 e. The topological polar surface area (TPSA) is 86.2 Å². The number of nitrogens with zero attached hydrogens (tertiary/aromatic N) is 3. The van der Waals surface area contributed by atoms with Gasteiger partial charge >= 0.3 is 0 Å². The number of hydrogen-bond acceptors (Lipinski definition) is 6. The van der Waals surface area contributed by atoms with Crippen molar-refractivity contribution in [2.24, 2.45) is 0 Å². The molecule has 0 aliphatic rings. The SMILES string of the molecule is COc1ccc(OC)c(NC(=O)c2cncc(-c3cccnc3)n2)c1. The summed E-state index contributed by atoms with van der Waals surface area (Å²) in [6.07, 6.45) is 6.32. The number of ether oxygens (including phenoxy) is 2. The maximum absolute atomic E-state index is 12.5. The Morgan fingerprint density at radius 1 is 1.04 bits per heavy atom. The average Bonchev–Trinajstić information content (AvgIpc) is 2.68. The van der Waals surface area contributed by atoms with Crippen LogP contribution in [0.5, 0.6) is 11.5 Å². The molecule has 0 aliphatic heterocycles. The minimum atomic E-state index is -0.398. The van der Waals surface area contributed by atoms with Gasteiger partial charge in [0.15, 0.2) is 0 Å². The maximum atomic E-state index is 12.5. The van der Waals surface area contributed by atoms with Crippen LogP contribution in [0.3, 0.4) is 0 Å². The molecule has 2 heterocycles. The van der Waals surface area contributed by atoms with E-state index in [1.807, 2.05) is 6.07 Å². The number of anilines is 1. The summed E-state index contributed by atoms with van der Waals surface area (Å²) in [5, 5.41) is 2.77. The largest absolute Gasteiger partial charge is 0.497 e. The Kier molecular flexibility index (Phi) is 4.84. The van der Waals surface area contributed by atoms with E-state index in [2.05, 4.69) is 20.3 Å². The summed E-state index contributed by atoms with van der Waals surface area (Å²) in [5.74, 6) is 0.724. The summed E-state index contributed by atoms with van der Waals surface area (Å²) in [6.45, 7) is 0. The van der Waals surface area contributed by atoms with Crippen LogP contribution in [0.15, 0.2) is 55.1 Å². The Labute approximate surface area is 144 Å². The molecule has 0 fully saturated rings. The fourth-order valence-electron chi connectivity index (χ4n) is 2.23. The number of aromatic nitrogens is 3. The van der Waals surface area contributed by atoms with E-state index >= 15 is 0 Å². The molecule has 0 aliphatic carbocycles. The molecular formula is C18H16N4O3. The van der Waals surface area contributed by atoms with E-state index in [9.17, 15) is 4.79 Å². The lowest BCUT2D eigenvalue weighted by molar-refractivity contribution is 0.102. The second-order valence-corrected chi connectivity index (χ2v) is 5.05. The van der Waals surface area contributed by atoms with Gasteiger partial charge in [-0.05, 0) is 24.3 Å². The number of rotatable bonds is 5. The van der Waals surface area contributed by atoms with Gasteiger partial charge in [0, 0.05) is 24.0 Å². The highest BCUT2D eigenvalue weighted by Gasteiger charge is 2.13. The van der Waals surface area contributed by atoms with Crippen LogP contribution in [-0.2, 0) is 0 Å². The summed E-state index contributed by atoms with van der Waals surface area (Å²) in [4.78, 5) is 25.0. The smallest absolute Gasteiger partial charge is 0.275 e. The van der Waals surface area contributed by atoms with E-state index in [-0.39, 0.29) is 5.69 Å². The number of nitrogens with one attached hydrogen (secondary N) is 1. The van der Waals surface area contributed by atoms with Gasteiger partial charge < -0.3 is 14.8 Å². The first-order valence-corrected chi connectivity index (χ1v) is 7.47. The molecule has 0 atom stereocenters. The van der Waals surface area contributed by atoms with E-state index in [4.69, 9.17) is 9.47 Å². The molecule has 2 aromatic heterocycles. The fraction of sp³-hybridized carbons (Fsp3) is 0.111. The van der Waals surface area contributed by atoms with Gasteiger partial charge in [-0.3, -0.25) is 14.8 Å². The van der Waals surface area contributed by atoms with Crippen molar-refractivity contribution in [3.8, 4) is 22.8 Å². The molecule has 0 spiro atoms. The van der Waals surface area contributed by atoms with E-state index < -0.39 is 5.91 Å². The van der Waals surface area contributed by atoms with Gasteiger partial charge in [0.2, 0.25) is 0 Å². The third kappa shape index (κ3) is 3.72. The molecule has 7 nitrogen and oxygen atoms in total. The summed E-state index contributed by atoms with van der Waals surface area (Å²) in [7, 11) is 3.08. The third-order valence-corrected chi connectivity index (χ3v) is 3.48. The number of methoxy groups -OCH3 is 2. The summed E-state index contributed by atoms with van der Waals surface area (Å²) < 4.78 is 10.4. The van der Waals surface area contributed by atoms with Gasteiger partial charge in [-0.1, -0.05) is 0 Å². The highest BCUT2D eigenvalue weighted by molar-refractivity contribution is 6.03. The van der Waals surface area contributed by atoms with Crippen molar-refractivity contribution in [3.05, 3.63) is 60.8 Å². The number of hydrogen-bond donors (Lipinski definition) is 1. The highest BCUT2D eigenvalue weighted by Crippen LogP contribution is 2.29. The van der Waals surface area contributed by atoms with E-state index in [1.165, 1.54) is 13.3 Å². The standard InChI is InChI=1S/C18H16N4O3/c1-24-13-5-6-17(25-2)14(8-13)22-18(23)16-11-20-10-15(21-16)12-4-3-7-19-9-12/h3-11H,1-2H3,(H,22,23). The van der Waals surface area contributed by atoms with Crippen molar-refractivity contribution in [2.45, 2.75) is 0 Å². The lowest BCUT2D eigenvalue weighted by Gasteiger charge is -2.11. The number of pyridine rings is 1. The monoisotopic (exact) mass is 336 g/mol. The number of amides is 1. The molecule has 1 aromatic carbocycles. The zero-order chi connectivity index (χ0) is 17.6. The minimum Gasteiger partial charge on any atom is -0.497 e. The zero-order valence-electron chi connectivity index (χ0n) is 13.8. The second kappa shape index (κ2) is 7.39. The van der Waals surface area contributed by atoms with Crippen molar-refractivity contribution >= 4 is 11.6 Å². The molecule has 25 heavy (non-hydrogen) atoms. The summed E-state index contributed by atoms with van der Waals surface area (Å²) >= 11 is 0. The molecule has 126 valence electrons. The molecule has 0 saturated heterocycles. The quantitative estimate of drug-likeness (QED) is 0.771. The molecule has 7 heteroatoms. The van der Waals surface area contributed by atoms with Gasteiger partial charge in [-0.2, -0.15) is 0 Å². The Bertz CT molecular complexity index is 884. The lowest BCUT2D eigenvalue weighted by Crippen LogP contribution is -2.15. The van der Waals surface area contributed by atoms with Crippen LogP contribution in [0.2, 0.25) is 0 Å². The van der Waals surface area contributed by atoms with E-state index in [0.717, 1.165) is 5.56 Å². The molecule has 3 aromatic rings. The molecule has 1 N–H and O–H groups in total. The first kappa shape index (κ1) is 16.4. The predicted octanol–water partition coefficient (Wildman–Crippen LogP) is 2.81. The Balaban J connectivity index is 1.87. The van der Waals surface area contributed by atoms with Gasteiger partial charge in [-0.25, -0.2) is 4.98 Å². The van der Waals surface area contributed by atoms with E-state index in [0.29, 0.717) is 22.9 Å². The second-order valence-electron chi connectivity index (χ2n) is 5.05. The van der Waals surface area contributed by atoms with Gasteiger partial charge in [0.25, 0.3) is 5.91 Å². The average molecular weight is 336 g/mol. The first-order valence-electron chi connectivity index (χ1n) is 7.47. The summed E-state index contributed by atoms with van der Waals surface area (Å²) in [5.41, 5.74) is 2.02. The van der Waals surface area contributed by atoms with Crippen LogP contribution >= 0.6 is 0 Å². The van der Waals surface area contributed by atoms with Crippen molar-refractivity contribution in [1.82, 2.24) is 15.0 Å². The number of carbonyl (C=O) groups is 1. The molecule has 1 amide bonds. The van der Waals surface area contributed by atoms with Gasteiger partial charge in [-0.15, -0.1) is 0 Å². The molecule has 0 bridgehead atoms. The van der Waals surface area contributed by atoms with Gasteiger partial charge in [0.05, 0.1) is 38.0 Å². The van der Waals surface area contributed by atoms with Crippen LogP contribution in [0.4, 0.5) is 5.69 Å². The fourth-order valence-corrected chi connectivity index (χ4v) is 2.23. The Morgan fingerprint density at radius 2 is 1.92 bits per heavy atom. The predicted molar refractivity (Wildman–Crippen MR) is 92.8 cm³/mol. The van der Waals surface area contributed by atoms with Crippen molar-refractivity contribution in [2.75, 3.05) is 19.5 Å². The molecule has 3 rings (SSSR count). The van der Waals surface area contributed by atoms with Crippen LogP contribution in [0, 0.1) is 0 Å². The Morgan fingerprint density at radius 3 is 2.64 bits per heavy atom. The molecule has 0 unspecified atom stereocenters. The van der Waals surface area contributed by atoms with Crippen molar-refractivity contribution < 1.29 is 14.3 Å².